The summed E-state index contributed by atoms with van der Waals surface area (Å²) in [5.41, 5.74) is 1.14. The predicted octanol–water partition coefficient (Wildman–Crippen LogP) is 6.42. The van der Waals surface area contributed by atoms with Crippen LogP contribution >= 0.6 is 11.6 Å². The second kappa shape index (κ2) is 8.21. The molecule has 7 heteroatoms. The molecule has 144 valence electrons. The normalized spacial score (nSPS) is 15.4. The summed E-state index contributed by atoms with van der Waals surface area (Å²) >= 11 is 6.29. The van der Waals surface area contributed by atoms with Crippen LogP contribution in [0.4, 0.5) is 18.9 Å². The van der Waals surface area contributed by atoms with E-state index >= 15 is 0 Å². The van der Waals surface area contributed by atoms with Crippen molar-refractivity contribution in [2.24, 2.45) is 5.92 Å². The predicted molar refractivity (Wildman–Crippen MR) is 98.8 cm³/mol. The van der Waals surface area contributed by atoms with E-state index in [-0.39, 0.29) is 28.2 Å². The van der Waals surface area contributed by atoms with Gasteiger partial charge in [-0.25, -0.2) is 0 Å². The maximum absolute atomic E-state index is 12.6. The zero-order chi connectivity index (χ0) is 19.4. The highest BCUT2D eigenvalue weighted by Crippen LogP contribution is 2.38. The molecule has 1 aliphatic rings. The number of carbonyl (C=O) groups excluding carboxylic acids is 1. The molecule has 0 saturated heterocycles. The number of hydrogen-bond acceptors (Lipinski definition) is 2. The van der Waals surface area contributed by atoms with Crippen LogP contribution in [0.3, 0.4) is 0 Å². The van der Waals surface area contributed by atoms with Crippen LogP contribution < -0.4 is 10.1 Å². The van der Waals surface area contributed by atoms with Gasteiger partial charge in [0.1, 0.15) is 5.75 Å². The number of ether oxygens (including phenoxy) is 1. The van der Waals surface area contributed by atoms with Gasteiger partial charge >= 0.3 is 6.36 Å². The lowest BCUT2D eigenvalue weighted by Crippen LogP contribution is -2.24. The molecular weight excluding hydrogens is 379 g/mol. The number of halogens is 4. The quantitative estimate of drug-likeness (QED) is 0.646. The van der Waals surface area contributed by atoms with Gasteiger partial charge in [-0.05, 0) is 31.0 Å². The third kappa shape index (κ3) is 5.16. The Morgan fingerprint density at radius 2 is 1.74 bits per heavy atom. The van der Waals surface area contributed by atoms with Gasteiger partial charge in [0.15, 0.2) is 0 Å². The van der Waals surface area contributed by atoms with Crippen molar-refractivity contribution in [1.82, 2.24) is 0 Å². The maximum atomic E-state index is 12.6. The van der Waals surface area contributed by atoms with Crippen LogP contribution in [0.5, 0.6) is 5.75 Å². The summed E-state index contributed by atoms with van der Waals surface area (Å²) in [6, 6.07) is 10.6. The summed E-state index contributed by atoms with van der Waals surface area (Å²) < 4.78 is 41.9. The van der Waals surface area contributed by atoms with E-state index in [4.69, 9.17) is 11.6 Å². The van der Waals surface area contributed by atoms with Crippen molar-refractivity contribution in [3.05, 3.63) is 47.5 Å². The van der Waals surface area contributed by atoms with E-state index in [1.165, 1.54) is 18.2 Å². The van der Waals surface area contributed by atoms with Gasteiger partial charge in [-0.3, -0.25) is 4.79 Å². The third-order valence-corrected chi connectivity index (χ3v) is 4.93. The second-order valence-electron chi connectivity index (χ2n) is 6.56. The molecule has 27 heavy (non-hydrogen) atoms. The summed E-state index contributed by atoms with van der Waals surface area (Å²) in [6.07, 6.45) is 0.210. The van der Waals surface area contributed by atoms with Crippen LogP contribution in [0.25, 0.3) is 11.1 Å². The molecule has 0 bridgehead atoms. The molecule has 2 aromatic carbocycles. The zero-order valence-electron chi connectivity index (χ0n) is 14.5. The van der Waals surface area contributed by atoms with Crippen molar-refractivity contribution in [2.45, 2.75) is 38.5 Å². The van der Waals surface area contributed by atoms with E-state index in [1.54, 1.807) is 24.3 Å². The van der Waals surface area contributed by atoms with Crippen LogP contribution in [0.2, 0.25) is 5.02 Å². The molecule has 0 atom stereocenters. The highest BCUT2D eigenvalue weighted by atomic mass is 35.5. The zero-order valence-corrected chi connectivity index (χ0v) is 15.2. The van der Waals surface area contributed by atoms with E-state index in [1.807, 2.05) is 0 Å². The fraction of sp³-hybridized carbons (Fsp3) is 0.350. The molecule has 0 aromatic heterocycles. The number of para-hydroxylation sites is 1. The Morgan fingerprint density at radius 1 is 1.04 bits per heavy atom. The number of carbonyl (C=O) groups is 1. The largest absolute Gasteiger partial charge is 0.573 e. The molecule has 3 rings (SSSR count). The Morgan fingerprint density at radius 3 is 2.41 bits per heavy atom. The minimum Gasteiger partial charge on any atom is -0.405 e. The van der Waals surface area contributed by atoms with Gasteiger partial charge in [-0.1, -0.05) is 55.1 Å². The van der Waals surface area contributed by atoms with E-state index in [9.17, 15) is 18.0 Å². The molecule has 0 radical (unpaired) electrons. The standard InChI is InChI=1S/C20H19ClF3NO2/c21-17-12-14(25-19(26)13-6-2-1-3-7-13)10-11-15(17)16-8-4-5-9-18(16)27-20(22,23)24/h4-5,8-13H,1-3,6-7H2,(H,25,26). The van der Waals surface area contributed by atoms with Crippen molar-refractivity contribution < 1.29 is 22.7 Å². The van der Waals surface area contributed by atoms with Crippen LogP contribution in [-0.2, 0) is 4.79 Å². The minimum atomic E-state index is -4.80. The molecule has 3 nitrogen and oxygen atoms in total. The van der Waals surface area contributed by atoms with Gasteiger partial charge in [0.25, 0.3) is 0 Å². The molecule has 1 N–H and O–H groups in total. The summed E-state index contributed by atoms with van der Waals surface area (Å²) in [6.45, 7) is 0. The molecule has 0 spiro atoms. The van der Waals surface area contributed by atoms with Crippen LogP contribution in [0, 0.1) is 5.92 Å². The summed E-state index contributed by atoms with van der Waals surface area (Å²) in [5, 5.41) is 3.08. The molecule has 0 heterocycles. The van der Waals surface area contributed by atoms with E-state index < -0.39 is 6.36 Å². The van der Waals surface area contributed by atoms with Crippen molar-refractivity contribution in [1.29, 1.82) is 0 Å². The van der Waals surface area contributed by atoms with Crippen molar-refractivity contribution in [3.8, 4) is 16.9 Å². The number of nitrogens with one attached hydrogen (secondary N) is 1. The number of amides is 1. The van der Waals surface area contributed by atoms with Crippen molar-refractivity contribution >= 4 is 23.2 Å². The maximum Gasteiger partial charge on any atom is 0.573 e. The Kier molecular flexibility index (Phi) is 5.95. The Labute approximate surface area is 160 Å². The average Bonchev–Trinajstić information content (AvgIpc) is 2.62. The van der Waals surface area contributed by atoms with Gasteiger partial charge in [0.2, 0.25) is 5.91 Å². The third-order valence-electron chi connectivity index (χ3n) is 4.62. The first-order chi connectivity index (χ1) is 12.8. The summed E-state index contributed by atoms with van der Waals surface area (Å²) in [7, 11) is 0. The lowest BCUT2D eigenvalue weighted by molar-refractivity contribution is -0.274. The number of alkyl halides is 3. The molecule has 0 unspecified atom stereocenters. The van der Waals surface area contributed by atoms with Gasteiger partial charge in [-0.2, -0.15) is 0 Å². The average molecular weight is 398 g/mol. The van der Waals surface area contributed by atoms with Gasteiger partial charge in [0, 0.05) is 22.7 Å². The highest BCUT2D eigenvalue weighted by Gasteiger charge is 2.32. The molecule has 1 fully saturated rings. The molecule has 1 amide bonds. The smallest absolute Gasteiger partial charge is 0.405 e. The Hall–Kier alpha value is -2.21. The van der Waals surface area contributed by atoms with E-state index in [2.05, 4.69) is 10.1 Å². The molecule has 2 aromatic rings. The molecule has 1 aliphatic carbocycles. The van der Waals surface area contributed by atoms with Crippen molar-refractivity contribution in [2.75, 3.05) is 5.32 Å². The van der Waals surface area contributed by atoms with Crippen LogP contribution in [0.15, 0.2) is 42.5 Å². The summed E-state index contributed by atoms with van der Waals surface area (Å²) in [4.78, 5) is 12.3. The monoisotopic (exact) mass is 397 g/mol. The van der Waals surface area contributed by atoms with E-state index in [0.29, 0.717) is 11.3 Å². The Bertz CT molecular complexity index is 817. The number of rotatable bonds is 4. The SMILES string of the molecule is O=C(Nc1ccc(-c2ccccc2OC(F)(F)F)c(Cl)c1)C1CCCCC1. The topological polar surface area (TPSA) is 38.3 Å². The van der Waals surface area contributed by atoms with Crippen LogP contribution in [0.1, 0.15) is 32.1 Å². The van der Waals surface area contributed by atoms with Gasteiger partial charge in [0.05, 0.1) is 5.02 Å². The molecule has 1 saturated carbocycles. The lowest BCUT2D eigenvalue weighted by atomic mass is 9.88. The highest BCUT2D eigenvalue weighted by molar-refractivity contribution is 6.33. The summed E-state index contributed by atoms with van der Waals surface area (Å²) in [5.74, 6) is -0.372. The first-order valence-corrected chi connectivity index (χ1v) is 9.17. The lowest BCUT2D eigenvalue weighted by Gasteiger charge is -2.21. The van der Waals surface area contributed by atoms with Crippen LogP contribution in [-0.4, -0.2) is 12.3 Å². The van der Waals surface area contributed by atoms with Crippen molar-refractivity contribution in [3.63, 3.8) is 0 Å². The van der Waals surface area contributed by atoms with E-state index in [0.717, 1.165) is 32.1 Å². The minimum absolute atomic E-state index is 0.00175. The Balaban J connectivity index is 1.80. The second-order valence-corrected chi connectivity index (χ2v) is 6.97. The molecular formula is C20H19ClF3NO2. The first kappa shape index (κ1) is 19.5. The number of hydrogen-bond donors (Lipinski definition) is 1. The van der Waals surface area contributed by atoms with Gasteiger partial charge < -0.3 is 10.1 Å². The fourth-order valence-electron chi connectivity index (χ4n) is 3.32. The number of anilines is 1. The fourth-order valence-corrected chi connectivity index (χ4v) is 3.61. The van der Waals surface area contributed by atoms with Gasteiger partial charge in [-0.15, -0.1) is 13.2 Å². The first-order valence-electron chi connectivity index (χ1n) is 8.79. The molecule has 0 aliphatic heterocycles. The number of benzene rings is 2.